The van der Waals surface area contributed by atoms with Crippen molar-refractivity contribution in [2.75, 3.05) is 6.16 Å². The minimum absolute atomic E-state index is 0. The second kappa shape index (κ2) is 9.41. The summed E-state index contributed by atoms with van der Waals surface area (Å²) in [6, 6.07) is 0. The molecule has 6 heavy (non-hydrogen) atoms. The van der Waals surface area contributed by atoms with Gasteiger partial charge in [0.05, 0.1) is 0 Å². The van der Waals surface area contributed by atoms with Crippen LogP contribution in [0.4, 0.5) is 0 Å². The first kappa shape index (κ1) is 10.1. The van der Waals surface area contributed by atoms with E-state index in [-0.39, 0.29) is 19.5 Å². The van der Waals surface area contributed by atoms with Crippen LogP contribution in [-0.2, 0) is 19.5 Å². The summed E-state index contributed by atoms with van der Waals surface area (Å²) in [7, 11) is 2.70. The molecular formula is C4H11PRu. The molecule has 2 heteroatoms. The fourth-order valence-corrected chi connectivity index (χ4v) is 0.612. The van der Waals surface area contributed by atoms with Gasteiger partial charge in [-0.15, -0.1) is 9.24 Å². The summed E-state index contributed by atoms with van der Waals surface area (Å²) in [6.07, 6.45) is 3.94. The summed E-state index contributed by atoms with van der Waals surface area (Å²) in [6.45, 7) is 2.20. The van der Waals surface area contributed by atoms with Gasteiger partial charge < -0.3 is 0 Å². The molecule has 40 valence electrons. The summed E-state index contributed by atoms with van der Waals surface area (Å²) in [4.78, 5) is 0. The van der Waals surface area contributed by atoms with E-state index in [0.717, 1.165) is 0 Å². The standard InChI is InChI=1S/C4H11P.Ru/c1-2-3-4-5;/h2-5H2,1H3;. The molecule has 0 radical (unpaired) electrons. The van der Waals surface area contributed by atoms with Crippen molar-refractivity contribution in [3.05, 3.63) is 0 Å². The van der Waals surface area contributed by atoms with Gasteiger partial charge in [-0.2, -0.15) is 0 Å². The van der Waals surface area contributed by atoms with E-state index in [1.165, 1.54) is 19.0 Å². The molecule has 1 atom stereocenters. The second-order valence-corrected chi connectivity index (χ2v) is 1.72. The van der Waals surface area contributed by atoms with Gasteiger partial charge in [-0.1, -0.05) is 19.8 Å². The minimum Gasteiger partial charge on any atom is -0.138 e. The van der Waals surface area contributed by atoms with Gasteiger partial charge in [0, 0.05) is 19.5 Å². The average molecular weight is 191 g/mol. The fraction of sp³-hybridized carbons (Fsp3) is 1.00. The normalized spacial score (nSPS) is 7.00. The first-order valence-electron chi connectivity index (χ1n) is 2.12. The van der Waals surface area contributed by atoms with Gasteiger partial charge in [0.2, 0.25) is 0 Å². The summed E-state index contributed by atoms with van der Waals surface area (Å²) in [5.74, 6) is 0. The minimum atomic E-state index is 0. The van der Waals surface area contributed by atoms with Gasteiger partial charge in [0.15, 0.2) is 0 Å². The third-order valence-corrected chi connectivity index (χ3v) is 0.966. The van der Waals surface area contributed by atoms with Gasteiger partial charge in [0.1, 0.15) is 0 Å². The molecule has 0 bridgehead atoms. The second-order valence-electron chi connectivity index (χ2n) is 1.14. The Kier molecular flexibility index (Phi) is 15.9. The number of hydrogen-bond acceptors (Lipinski definition) is 0. The third kappa shape index (κ3) is 8.91. The van der Waals surface area contributed by atoms with Crippen LogP contribution in [0.2, 0.25) is 0 Å². The van der Waals surface area contributed by atoms with Crippen molar-refractivity contribution in [1.82, 2.24) is 0 Å². The molecule has 0 aliphatic heterocycles. The zero-order chi connectivity index (χ0) is 4.12. The van der Waals surface area contributed by atoms with E-state index in [2.05, 4.69) is 16.2 Å². The Morgan fingerprint density at radius 3 is 2.00 bits per heavy atom. The summed E-state index contributed by atoms with van der Waals surface area (Å²) in [5.41, 5.74) is 0. The van der Waals surface area contributed by atoms with E-state index in [1.54, 1.807) is 0 Å². The van der Waals surface area contributed by atoms with Crippen molar-refractivity contribution >= 4 is 9.24 Å². The van der Waals surface area contributed by atoms with Crippen LogP contribution in [0, 0.1) is 0 Å². The van der Waals surface area contributed by atoms with Crippen LogP contribution in [0.1, 0.15) is 19.8 Å². The van der Waals surface area contributed by atoms with E-state index in [4.69, 9.17) is 0 Å². The van der Waals surface area contributed by atoms with Crippen molar-refractivity contribution in [1.29, 1.82) is 0 Å². The maximum absolute atomic E-state index is 2.70. The van der Waals surface area contributed by atoms with Gasteiger partial charge in [-0.25, -0.2) is 0 Å². The molecule has 0 spiro atoms. The van der Waals surface area contributed by atoms with Crippen LogP contribution < -0.4 is 0 Å². The molecule has 0 aliphatic rings. The van der Waals surface area contributed by atoms with E-state index in [9.17, 15) is 0 Å². The van der Waals surface area contributed by atoms with Gasteiger partial charge >= 0.3 is 0 Å². The van der Waals surface area contributed by atoms with Crippen LogP contribution in [0.5, 0.6) is 0 Å². The molecule has 0 aromatic carbocycles. The molecule has 1 unspecified atom stereocenters. The van der Waals surface area contributed by atoms with Crippen molar-refractivity contribution in [3.63, 3.8) is 0 Å². The van der Waals surface area contributed by atoms with Crippen LogP contribution in [0.3, 0.4) is 0 Å². The molecule has 0 nitrogen and oxygen atoms in total. The Balaban J connectivity index is 0. The molecule has 0 saturated heterocycles. The van der Waals surface area contributed by atoms with E-state index in [1.807, 2.05) is 0 Å². The van der Waals surface area contributed by atoms with Crippen molar-refractivity contribution in [2.45, 2.75) is 19.8 Å². The van der Waals surface area contributed by atoms with Crippen molar-refractivity contribution in [3.8, 4) is 0 Å². The fourth-order valence-electron chi connectivity index (χ4n) is 0.204. The molecule has 0 aliphatic carbocycles. The van der Waals surface area contributed by atoms with Gasteiger partial charge in [-0.05, 0) is 6.16 Å². The maximum Gasteiger partial charge on any atom is 0 e. The first-order chi connectivity index (χ1) is 2.41. The van der Waals surface area contributed by atoms with Crippen LogP contribution in [-0.4, -0.2) is 6.16 Å². The summed E-state index contributed by atoms with van der Waals surface area (Å²) < 4.78 is 0. The SMILES string of the molecule is CCCCP.[Ru]. The third-order valence-electron chi connectivity index (χ3n) is 0.558. The zero-order valence-electron chi connectivity index (χ0n) is 4.05. The Morgan fingerprint density at radius 1 is 1.50 bits per heavy atom. The van der Waals surface area contributed by atoms with Crippen LogP contribution in [0.15, 0.2) is 0 Å². The van der Waals surface area contributed by atoms with Gasteiger partial charge in [-0.3, -0.25) is 0 Å². The monoisotopic (exact) mass is 192 g/mol. The molecule has 0 rings (SSSR count). The molecule has 0 fully saturated rings. The Hall–Kier alpha value is 1.05. The molecule has 0 amide bonds. The first-order valence-corrected chi connectivity index (χ1v) is 2.93. The number of unbranched alkanes of at least 4 members (excludes halogenated alkanes) is 1. The Morgan fingerprint density at radius 2 is 2.00 bits per heavy atom. The molecule has 0 saturated carbocycles. The van der Waals surface area contributed by atoms with E-state index in [0.29, 0.717) is 0 Å². The van der Waals surface area contributed by atoms with Crippen molar-refractivity contribution in [2.24, 2.45) is 0 Å². The van der Waals surface area contributed by atoms with Crippen LogP contribution >= 0.6 is 9.24 Å². The van der Waals surface area contributed by atoms with Crippen LogP contribution in [0.25, 0.3) is 0 Å². The molecule has 0 heterocycles. The molecule has 0 aromatic heterocycles. The predicted octanol–water partition coefficient (Wildman–Crippen LogP) is 1.66. The number of rotatable bonds is 2. The predicted molar refractivity (Wildman–Crippen MR) is 29.5 cm³/mol. The van der Waals surface area contributed by atoms with E-state index >= 15 is 0 Å². The average Bonchev–Trinajstić information content (AvgIpc) is 1.41. The summed E-state index contributed by atoms with van der Waals surface area (Å²) in [5, 5.41) is 0. The molecule has 0 N–H and O–H groups in total. The quantitative estimate of drug-likeness (QED) is 0.460. The van der Waals surface area contributed by atoms with Gasteiger partial charge in [0.25, 0.3) is 0 Å². The maximum atomic E-state index is 2.70. The summed E-state index contributed by atoms with van der Waals surface area (Å²) >= 11 is 0. The zero-order valence-corrected chi connectivity index (χ0v) is 6.95. The molecular weight excluding hydrogens is 180 g/mol. The Bertz CT molecular complexity index is 15.0. The molecule has 0 aromatic rings. The smallest absolute Gasteiger partial charge is 0 e. The number of hydrogen-bond donors (Lipinski definition) is 0. The Labute approximate surface area is 55.0 Å². The van der Waals surface area contributed by atoms with Crippen molar-refractivity contribution < 1.29 is 19.5 Å². The largest absolute Gasteiger partial charge is 0.138 e. The topological polar surface area (TPSA) is 0 Å². The van der Waals surface area contributed by atoms with E-state index < -0.39 is 0 Å².